The van der Waals surface area contributed by atoms with Gasteiger partial charge in [-0.3, -0.25) is 9.63 Å². The van der Waals surface area contributed by atoms with Crippen LogP contribution in [0.2, 0.25) is 0 Å². The Morgan fingerprint density at radius 3 is 2.26 bits per heavy atom. The highest BCUT2D eigenvalue weighted by atomic mass is 32.2. The maximum absolute atomic E-state index is 11.7. The highest BCUT2D eigenvalue weighted by Crippen LogP contribution is 2.03. The standard InChI is InChI=1S/C12H18N2O4S/c1-13(2)19(16,17)10-12(15)14(3)18-9-11-7-5-4-6-8-11/h4-8H,9-10H2,1-3H3. The van der Waals surface area contributed by atoms with Crippen LogP contribution in [0.25, 0.3) is 0 Å². The number of carbonyl (C=O) groups is 1. The Labute approximate surface area is 113 Å². The number of nitrogens with zero attached hydrogens (tertiary/aromatic N) is 2. The second kappa shape index (κ2) is 6.65. The molecule has 1 rings (SSSR count). The second-order valence-electron chi connectivity index (χ2n) is 4.19. The van der Waals surface area contributed by atoms with Gasteiger partial charge in [0.15, 0.2) is 0 Å². The molecule has 0 radical (unpaired) electrons. The molecule has 0 fully saturated rings. The third-order valence-electron chi connectivity index (χ3n) is 2.48. The zero-order valence-corrected chi connectivity index (χ0v) is 12.1. The van der Waals surface area contributed by atoms with Gasteiger partial charge in [-0.25, -0.2) is 17.8 Å². The van der Waals surface area contributed by atoms with Crippen LogP contribution in [-0.2, 0) is 26.3 Å². The van der Waals surface area contributed by atoms with E-state index >= 15 is 0 Å². The molecule has 106 valence electrons. The van der Waals surface area contributed by atoms with Crippen molar-refractivity contribution in [3.8, 4) is 0 Å². The summed E-state index contributed by atoms with van der Waals surface area (Å²) in [6, 6.07) is 9.31. The fourth-order valence-corrected chi connectivity index (χ4v) is 1.95. The summed E-state index contributed by atoms with van der Waals surface area (Å²) in [6.07, 6.45) is 0. The molecule has 0 aliphatic rings. The molecule has 0 saturated heterocycles. The maximum atomic E-state index is 11.7. The van der Waals surface area contributed by atoms with Crippen LogP contribution in [0.3, 0.4) is 0 Å². The number of hydroxylamine groups is 2. The van der Waals surface area contributed by atoms with E-state index in [2.05, 4.69) is 0 Å². The Kier molecular flexibility index (Phi) is 5.46. The molecule has 0 aliphatic carbocycles. The molecule has 1 aromatic carbocycles. The number of rotatable bonds is 6. The number of amides is 1. The molecule has 0 heterocycles. The lowest BCUT2D eigenvalue weighted by atomic mass is 10.2. The Hall–Kier alpha value is -1.44. The number of hydrogen-bond acceptors (Lipinski definition) is 4. The number of carbonyl (C=O) groups excluding carboxylic acids is 1. The molecule has 6 nitrogen and oxygen atoms in total. The summed E-state index contributed by atoms with van der Waals surface area (Å²) in [5.74, 6) is -1.21. The van der Waals surface area contributed by atoms with Crippen LogP contribution in [0, 0.1) is 0 Å². The monoisotopic (exact) mass is 286 g/mol. The van der Waals surface area contributed by atoms with Crippen LogP contribution in [0.4, 0.5) is 0 Å². The van der Waals surface area contributed by atoms with Crippen molar-refractivity contribution in [3.05, 3.63) is 35.9 Å². The third kappa shape index (κ3) is 4.98. The minimum Gasteiger partial charge on any atom is -0.271 e. The molecule has 0 saturated carbocycles. The average molecular weight is 286 g/mol. The Morgan fingerprint density at radius 1 is 1.16 bits per heavy atom. The van der Waals surface area contributed by atoms with Crippen LogP contribution < -0.4 is 0 Å². The smallest absolute Gasteiger partial charge is 0.262 e. The normalized spacial score (nSPS) is 11.6. The van der Waals surface area contributed by atoms with Gasteiger partial charge in [-0.15, -0.1) is 0 Å². The van der Waals surface area contributed by atoms with Crippen molar-refractivity contribution in [2.75, 3.05) is 26.9 Å². The van der Waals surface area contributed by atoms with Crippen LogP contribution >= 0.6 is 0 Å². The van der Waals surface area contributed by atoms with Crippen molar-refractivity contribution in [3.63, 3.8) is 0 Å². The molecule has 0 aromatic heterocycles. The van der Waals surface area contributed by atoms with Gasteiger partial charge < -0.3 is 0 Å². The van der Waals surface area contributed by atoms with E-state index in [1.165, 1.54) is 21.1 Å². The lowest BCUT2D eigenvalue weighted by Gasteiger charge is -2.18. The molecule has 1 aromatic rings. The summed E-state index contributed by atoms with van der Waals surface area (Å²) in [5, 5.41) is 0.952. The van der Waals surface area contributed by atoms with E-state index in [4.69, 9.17) is 4.84 Å². The highest BCUT2D eigenvalue weighted by molar-refractivity contribution is 7.89. The van der Waals surface area contributed by atoms with Gasteiger partial charge in [0, 0.05) is 21.1 Å². The first-order valence-electron chi connectivity index (χ1n) is 5.66. The van der Waals surface area contributed by atoms with E-state index in [9.17, 15) is 13.2 Å². The summed E-state index contributed by atoms with van der Waals surface area (Å²) in [7, 11) is 0.601. The molecule has 0 atom stereocenters. The summed E-state index contributed by atoms with van der Waals surface area (Å²) >= 11 is 0. The predicted octanol–water partition coefficient (Wildman–Crippen LogP) is 0.468. The van der Waals surface area contributed by atoms with Crippen LogP contribution in [-0.4, -0.2) is 50.6 Å². The van der Waals surface area contributed by atoms with Gasteiger partial charge in [-0.1, -0.05) is 30.3 Å². The lowest BCUT2D eigenvalue weighted by molar-refractivity contribution is -0.179. The maximum Gasteiger partial charge on any atom is 0.262 e. The Morgan fingerprint density at radius 2 is 1.74 bits per heavy atom. The summed E-state index contributed by atoms with van der Waals surface area (Å²) in [4.78, 5) is 16.9. The van der Waals surface area contributed by atoms with Crippen molar-refractivity contribution in [1.82, 2.24) is 9.37 Å². The van der Waals surface area contributed by atoms with E-state index in [1.807, 2.05) is 30.3 Å². The first-order chi connectivity index (χ1) is 8.83. The molecular weight excluding hydrogens is 268 g/mol. The number of benzene rings is 1. The fraction of sp³-hybridized carbons (Fsp3) is 0.417. The van der Waals surface area contributed by atoms with Crippen LogP contribution in [0.1, 0.15) is 5.56 Å². The Balaban J connectivity index is 2.50. The van der Waals surface area contributed by atoms with Crippen molar-refractivity contribution >= 4 is 15.9 Å². The van der Waals surface area contributed by atoms with Gasteiger partial charge in [-0.05, 0) is 5.56 Å². The first kappa shape index (κ1) is 15.6. The van der Waals surface area contributed by atoms with E-state index in [1.54, 1.807) is 0 Å². The van der Waals surface area contributed by atoms with E-state index in [0.717, 1.165) is 14.9 Å². The second-order valence-corrected chi connectivity index (χ2v) is 6.37. The Bertz CT molecular complexity index is 514. The fourth-order valence-electron chi connectivity index (χ4n) is 1.19. The van der Waals surface area contributed by atoms with Crippen LogP contribution in [0.15, 0.2) is 30.3 Å². The largest absolute Gasteiger partial charge is 0.271 e. The number of sulfonamides is 1. The zero-order chi connectivity index (χ0) is 14.5. The number of hydrogen-bond donors (Lipinski definition) is 0. The summed E-state index contributed by atoms with van der Waals surface area (Å²) < 4.78 is 24.1. The van der Waals surface area contributed by atoms with E-state index < -0.39 is 21.7 Å². The van der Waals surface area contributed by atoms with Gasteiger partial charge in [0.1, 0.15) is 12.4 Å². The van der Waals surface area contributed by atoms with Gasteiger partial charge >= 0.3 is 0 Å². The topological polar surface area (TPSA) is 66.9 Å². The van der Waals surface area contributed by atoms with Gasteiger partial charge in [0.2, 0.25) is 10.0 Å². The van der Waals surface area contributed by atoms with E-state index in [-0.39, 0.29) is 6.61 Å². The molecule has 0 N–H and O–H groups in total. The van der Waals surface area contributed by atoms with Gasteiger partial charge in [0.25, 0.3) is 5.91 Å². The molecule has 19 heavy (non-hydrogen) atoms. The molecular formula is C12H18N2O4S. The molecule has 0 spiro atoms. The highest BCUT2D eigenvalue weighted by Gasteiger charge is 2.22. The molecule has 7 heteroatoms. The summed E-state index contributed by atoms with van der Waals surface area (Å²) in [6.45, 7) is 0.213. The van der Waals surface area contributed by atoms with Crippen molar-refractivity contribution in [2.45, 2.75) is 6.61 Å². The minimum absolute atomic E-state index is 0.213. The van der Waals surface area contributed by atoms with Gasteiger partial charge in [-0.2, -0.15) is 0 Å². The van der Waals surface area contributed by atoms with Gasteiger partial charge in [0.05, 0.1) is 0 Å². The zero-order valence-electron chi connectivity index (χ0n) is 11.2. The third-order valence-corrected chi connectivity index (χ3v) is 4.21. The SMILES string of the molecule is CN(OCc1ccccc1)C(=O)CS(=O)(=O)N(C)C. The molecule has 0 unspecified atom stereocenters. The average Bonchev–Trinajstić information content (AvgIpc) is 2.36. The van der Waals surface area contributed by atoms with Crippen molar-refractivity contribution < 1.29 is 18.0 Å². The van der Waals surface area contributed by atoms with Crippen LogP contribution in [0.5, 0.6) is 0 Å². The van der Waals surface area contributed by atoms with E-state index in [0.29, 0.717) is 0 Å². The van der Waals surface area contributed by atoms with Crippen molar-refractivity contribution in [2.24, 2.45) is 0 Å². The minimum atomic E-state index is -3.56. The molecule has 1 amide bonds. The quantitative estimate of drug-likeness (QED) is 0.713. The lowest BCUT2D eigenvalue weighted by Crippen LogP contribution is -2.37. The molecule has 0 bridgehead atoms. The van der Waals surface area contributed by atoms with Crippen molar-refractivity contribution in [1.29, 1.82) is 0 Å². The summed E-state index contributed by atoms with van der Waals surface area (Å²) in [5.41, 5.74) is 0.901. The molecule has 0 aliphatic heterocycles. The predicted molar refractivity (Wildman–Crippen MR) is 71.5 cm³/mol. The first-order valence-corrected chi connectivity index (χ1v) is 7.27.